The highest BCUT2D eigenvalue weighted by atomic mass is 79.9. The molecular formula is C12H7BrClN3. The van der Waals surface area contributed by atoms with E-state index in [0.717, 1.165) is 26.6 Å². The van der Waals surface area contributed by atoms with Gasteiger partial charge in [-0.3, -0.25) is 5.10 Å². The second-order valence-electron chi connectivity index (χ2n) is 3.63. The quantitative estimate of drug-likeness (QED) is 0.689. The summed E-state index contributed by atoms with van der Waals surface area (Å²) < 4.78 is 1.02. The maximum atomic E-state index is 5.89. The number of aromatic nitrogens is 3. The molecule has 17 heavy (non-hydrogen) atoms. The van der Waals surface area contributed by atoms with Gasteiger partial charge in [-0.15, -0.1) is 0 Å². The zero-order valence-corrected chi connectivity index (χ0v) is 11.0. The lowest BCUT2D eigenvalue weighted by molar-refractivity contribution is 1.12. The Labute approximate surface area is 111 Å². The van der Waals surface area contributed by atoms with Gasteiger partial charge >= 0.3 is 0 Å². The third-order valence-electron chi connectivity index (χ3n) is 2.52. The Kier molecular flexibility index (Phi) is 2.61. The molecule has 0 aliphatic rings. The van der Waals surface area contributed by atoms with E-state index in [1.54, 1.807) is 12.3 Å². The normalized spacial score (nSPS) is 10.9. The number of hydrogen-bond donors (Lipinski definition) is 1. The summed E-state index contributed by atoms with van der Waals surface area (Å²) in [5, 5.41) is 8.84. The van der Waals surface area contributed by atoms with E-state index in [-0.39, 0.29) is 0 Å². The van der Waals surface area contributed by atoms with E-state index in [1.165, 1.54) is 0 Å². The highest BCUT2D eigenvalue weighted by Gasteiger charge is 2.08. The summed E-state index contributed by atoms with van der Waals surface area (Å²) in [7, 11) is 0. The van der Waals surface area contributed by atoms with Crippen LogP contribution >= 0.6 is 27.5 Å². The van der Waals surface area contributed by atoms with E-state index in [0.29, 0.717) is 5.15 Å². The number of rotatable bonds is 1. The van der Waals surface area contributed by atoms with Crippen LogP contribution in [0.15, 0.2) is 41.0 Å². The minimum atomic E-state index is 0.466. The van der Waals surface area contributed by atoms with Gasteiger partial charge in [-0.25, -0.2) is 4.98 Å². The lowest BCUT2D eigenvalue weighted by atomic mass is 10.1. The van der Waals surface area contributed by atoms with Crippen molar-refractivity contribution in [3.05, 3.63) is 46.2 Å². The molecule has 1 aromatic carbocycles. The van der Waals surface area contributed by atoms with Crippen molar-refractivity contribution in [2.24, 2.45) is 0 Å². The first-order valence-electron chi connectivity index (χ1n) is 4.99. The fourth-order valence-electron chi connectivity index (χ4n) is 1.76. The molecule has 0 bridgehead atoms. The van der Waals surface area contributed by atoms with Gasteiger partial charge < -0.3 is 0 Å². The van der Waals surface area contributed by atoms with Crippen molar-refractivity contribution in [3.8, 4) is 11.3 Å². The minimum Gasteiger partial charge on any atom is -0.277 e. The average Bonchev–Trinajstić information content (AvgIpc) is 2.71. The van der Waals surface area contributed by atoms with Crippen molar-refractivity contribution < 1.29 is 0 Å². The van der Waals surface area contributed by atoms with Gasteiger partial charge in [-0.1, -0.05) is 27.5 Å². The van der Waals surface area contributed by atoms with Crippen LogP contribution in [-0.2, 0) is 0 Å². The third-order valence-corrected chi connectivity index (χ3v) is 3.22. The van der Waals surface area contributed by atoms with E-state index in [1.807, 2.05) is 24.3 Å². The second kappa shape index (κ2) is 4.13. The highest BCUT2D eigenvalue weighted by molar-refractivity contribution is 9.10. The number of hydrogen-bond acceptors (Lipinski definition) is 2. The second-order valence-corrected chi connectivity index (χ2v) is 4.93. The SMILES string of the molecule is Clc1cc(-c2n[nH]c3ccc(Br)cc23)ccn1. The molecule has 0 spiro atoms. The molecule has 0 aliphatic heterocycles. The highest BCUT2D eigenvalue weighted by Crippen LogP contribution is 2.29. The van der Waals surface area contributed by atoms with Gasteiger partial charge in [-0.2, -0.15) is 5.10 Å². The molecule has 3 rings (SSSR count). The van der Waals surface area contributed by atoms with Gasteiger partial charge in [0.25, 0.3) is 0 Å². The van der Waals surface area contributed by atoms with Crippen molar-refractivity contribution in [1.29, 1.82) is 0 Å². The van der Waals surface area contributed by atoms with E-state index >= 15 is 0 Å². The number of halogens is 2. The molecule has 1 N–H and O–H groups in total. The van der Waals surface area contributed by atoms with Crippen LogP contribution in [0.25, 0.3) is 22.2 Å². The van der Waals surface area contributed by atoms with Crippen LogP contribution in [-0.4, -0.2) is 15.2 Å². The van der Waals surface area contributed by atoms with E-state index in [9.17, 15) is 0 Å². The summed E-state index contributed by atoms with van der Waals surface area (Å²) in [6, 6.07) is 9.69. The standard InChI is InChI=1S/C12H7BrClN3/c13-8-1-2-10-9(6-8)12(17-16-10)7-3-4-15-11(14)5-7/h1-6H,(H,16,17). The Morgan fingerprint density at radius 1 is 1.18 bits per heavy atom. The average molecular weight is 309 g/mol. The molecule has 0 unspecified atom stereocenters. The first kappa shape index (κ1) is 10.7. The zero-order chi connectivity index (χ0) is 11.8. The van der Waals surface area contributed by atoms with Crippen LogP contribution in [0.5, 0.6) is 0 Å². The van der Waals surface area contributed by atoms with Crippen LogP contribution in [0.2, 0.25) is 5.15 Å². The fraction of sp³-hybridized carbons (Fsp3) is 0. The number of fused-ring (bicyclic) bond motifs is 1. The monoisotopic (exact) mass is 307 g/mol. The Hall–Kier alpha value is -1.39. The van der Waals surface area contributed by atoms with Gasteiger partial charge in [0.05, 0.1) is 5.52 Å². The van der Waals surface area contributed by atoms with Gasteiger partial charge in [0.15, 0.2) is 0 Å². The maximum Gasteiger partial charge on any atom is 0.129 e. The molecular weight excluding hydrogens is 302 g/mol. The molecule has 3 nitrogen and oxygen atoms in total. The molecule has 0 fully saturated rings. The fourth-order valence-corrected chi connectivity index (χ4v) is 2.29. The summed E-state index contributed by atoms with van der Waals surface area (Å²) in [5.41, 5.74) is 2.83. The number of benzene rings is 1. The molecule has 0 atom stereocenters. The van der Waals surface area contributed by atoms with Crippen LogP contribution in [0.4, 0.5) is 0 Å². The molecule has 0 aliphatic carbocycles. The number of pyridine rings is 1. The summed E-state index contributed by atoms with van der Waals surface area (Å²) >= 11 is 9.34. The first-order chi connectivity index (χ1) is 8.24. The Bertz CT molecular complexity index is 693. The molecule has 3 aromatic rings. The summed E-state index contributed by atoms with van der Waals surface area (Å²) in [6.45, 7) is 0. The topological polar surface area (TPSA) is 41.6 Å². The number of nitrogens with one attached hydrogen (secondary N) is 1. The van der Waals surface area contributed by atoms with Crippen molar-refractivity contribution >= 4 is 38.4 Å². The molecule has 0 amide bonds. The first-order valence-corrected chi connectivity index (χ1v) is 6.17. The molecule has 0 saturated carbocycles. The predicted molar refractivity (Wildman–Crippen MR) is 72.0 cm³/mol. The van der Waals surface area contributed by atoms with Crippen molar-refractivity contribution in [3.63, 3.8) is 0 Å². The van der Waals surface area contributed by atoms with Gasteiger partial charge in [0.1, 0.15) is 10.8 Å². The van der Waals surface area contributed by atoms with Gasteiger partial charge in [0, 0.05) is 21.6 Å². The Morgan fingerprint density at radius 2 is 2.06 bits per heavy atom. The van der Waals surface area contributed by atoms with Crippen LogP contribution < -0.4 is 0 Å². The molecule has 2 aromatic heterocycles. The van der Waals surface area contributed by atoms with Gasteiger partial charge in [-0.05, 0) is 30.3 Å². The van der Waals surface area contributed by atoms with Crippen LogP contribution in [0.3, 0.4) is 0 Å². The van der Waals surface area contributed by atoms with E-state index in [4.69, 9.17) is 11.6 Å². The summed E-state index contributed by atoms with van der Waals surface area (Å²) in [4.78, 5) is 3.97. The summed E-state index contributed by atoms with van der Waals surface area (Å²) in [5.74, 6) is 0. The number of aromatic amines is 1. The minimum absolute atomic E-state index is 0.466. The van der Waals surface area contributed by atoms with Crippen LogP contribution in [0, 0.1) is 0 Å². The number of nitrogens with zero attached hydrogens (tertiary/aromatic N) is 2. The Morgan fingerprint density at radius 3 is 2.88 bits per heavy atom. The smallest absolute Gasteiger partial charge is 0.129 e. The van der Waals surface area contributed by atoms with Crippen molar-refractivity contribution in [2.45, 2.75) is 0 Å². The summed E-state index contributed by atoms with van der Waals surface area (Å²) in [6.07, 6.45) is 1.68. The third kappa shape index (κ3) is 1.94. The zero-order valence-electron chi connectivity index (χ0n) is 8.61. The van der Waals surface area contributed by atoms with E-state index in [2.05, 4.69) is 31.1 Å². The van der Waals surface area contributed by atoms with Gasteiger partial charge in [0.2, 0.25) is 0 Å². The maximum absolute atomic E-state index is 5.89. The molecule has 5 heteroatoms. The predicted octanol–water partition coefficient (Wildman–Crippen LogP) is 4.04. The van der Waals surface area contributed by atoms with E-state index < -0.39 is 0 Å². The lowest BCUT2D eigenvalue weighted by Gasteiger charge is -1.98. The van der Waals surface area contributed by atoms with Crippen LogP contribution in [0.1, 0.15) is 0 Å². The molecule has 0 saturated heterocycles. The Balaban J connectivity index is 2.27. The van der Waals surface area contributed by atoms with Crippen molar-refractivity contribution in [1.82, 2.24) is 15.2 Å². The molecule has 84 valence electrons. The molecule has 0 radical (unpaired) electrons. The molecule has 2 heterocycles. The lowest BCUT2D eigenvalue weighted by Crippen LogP contribution is -1.81. The number of H-pyrrole nitrogens is 1. The van der Waals surface area contributed by atoms with Crippen molar-refractivity contribution in [2.75, 3.05) is 0 Å². The largest absolute Gasteiger partial charge is 0.277 e.